The van der Waals surface area contributed by atoms with Crippen LogP contribution in [-0.2, 0) is 7.05 Å². The third kappa shape index (κ3) is 1.27. The highest BCUT2D eigenvalue weighted by Gasteiger charge is 2.18. The van der Waals surface area contributed by atoms with Crippen LogP contribution in [0.25, 0.3) is 22.2 Å². The number of hydrogen-bond donors (Lipinski definition) is 1. The predicted octanol–water partition coefficient (Wildman–Crippen LogP) is 2.72. The zero-order chi connectivity index (χ0) is 12.0. The number of hydrogen-bond acceptors (Lipinski definition) is 3. The van der Waals surface area contributed by atoms with Gasteiger partial charge in [0.1, 0.15) is 5.69 Å². The molecule has 0 aliphatic rings. The van der Waals surface area contributed by atoms with E-state index < -0.39 is 0 Å². The largest absolute Gasteiger partial charge is 0.394 e. The van der Waals surface area contributed by atoms with E-state index in [2.05, 4.69) is 28.8 Å². The zero-order valence-corrected chi connectivity index (χ0v) is 9.77. The van der Waals surface area contributed by atoms with Crippen molar-refractivity contribution in [2.75, 3.05) is 5.73 Å². The summed E-state index contributed by atoms with van der Waals surface area (Å²) in [6.45, 7) is 2.05. The van der Waals surface area contributed by atoms with Gasteiger partial charge in [-0.1, -0.05) is 23.4 Å². The van der Waals surface area contributed by atoms with Gasteiger partial charge in [-0.2, -0.15) is 0 Å². The van der Waals surface area contributed by atoms with E-state index in [4.69, 9.17) is 10.3 Å². The number of benzene rings is 1. The fourth-order valence-corrected chi connectivity index (χ4v) is 2.24. The molecule has 2 aromatic heterocycles. The Bertz CT molecular complexity index is 694. The minimum atomic E-state index is 0.574. The van der Waals surface area contributed by atoms with Crippen molar-refractivity contribution >= 4 is 16.6 Å². The maximum Gasteiger partial charge on any atom is 0.192 e. The molecule has 17 heavy (non-hydrogen) atoms. The van der Waals surface area contributed by atoms with Crippen molar-refractivity contribution < 1.29 is 4.52 Å². The second-order valence-corrected chi connectivity index (χ2v) is 4.15. The molecule has 0 aliphatic heterocycles. The number of nitrogens with two attached hydrogens (primary N) is 1. The molecule has 3 aromatic rings. The van der Waals surface area contributed by atoms with Gasteiger partial charge in [0.25, 0.3) is 0 Å². The third-order valence-electron chi connectivity index (χ3n) is 3.22. The van der Waals surface area contributed by atoms with E-state index in [0.29, 0.717) is 11.4 Å². The van der Waals surface area contributed by atoms with Crippen molar-refractivity contribution in [3.8, 4) is 11.3 Å². The van der Waals surface area contributed by atoms with Gasteiger partial charge in [-0.05, 0) is 13.0 Å². The smallest absolute Gasteiger partial charge is 0.192 e. The molecule has 0 atom stereocenters. The highest BCUT2D eigenvalue weighted by Crippen LogP contribution is 2.36. The lowest BCUT2D eigenvalue weighted by Gasteiger charge is -1.99. The first kappa shape index (κ1) is 9.96. The molecule has 0 saturated carbocycles. The molecular weight excluding hydrogens is 214 g/mol. The fraction of sp³-hybridized carbons (Fsp3) is 0.154. The standard InChI is InChI=1S/C13H13N3O/c1-8-12(13-10(14)7-15-17-13)9-5-3-4-6-11(9)16(8)2/h3-7H,14H2,1-2H3. The van der Waals surface area contributed by atoms with E-state index in [9.17, 15) is 0 Å². The number of para-hydroxylation sites is 1. The average Bonchev–Trinajstić information content (AvgIpc) is 2.84. The maximum atomic E-state index is 5.88. The minimum absolute atomic E-state index is 0.574. The summed E-state index contributed by atoms with van der Waals surface area (Å²) in [5.74, 6) is 0.652. The molecule has 1 aromatic carbocycles. The number of fused-ring (bicyclic) bond motifs is 1. The summed E-state index contributed by atoms with van der Waals surface area (Å²) in [7, 11) is 2.04. The van der Waals surface area contributed by atoms with Crippen LogP contribution in [0.3, 0.4) is 0 Å². The summed E-state index contributed by atoms with van der Waals surface area (Å²) in [4.78, 5) is 0. The quantitative estimate of drug-likeness (QED) is 0.695. The van der Waals surface area contributed by atoms with Crippen LogP contribution in [0.4, 0.5) is 5.69 Å². The Kier molecular flexibility index (Phi) is 1.98. The van der Waals surface area contributed by atoms with E-state index in [-0.39, 0.29) is 0 Å². The molecule has 4 nitrogen and oxygen atoms in total. The van der Waals surface area contributed by atoms with Gasteiger partial charge in [0.15, 0.2) is 5.76 Å². The van der Waals surface area contributed by atoms with Gasteiger partial charge < -0.3 is 14.8 Å². The molecule has 0 fully saturated rings. The van der Waals surface area contributed by atoms with Gasteiger partial charge in [-0.15, -0.1) is 0 Å². The highest BCUT2D eigenvalue weighted by atomic mass is 16.5. The van der Waals surface area contributed by atoms with Crippen LogP contribution in [-0.4, -0.2) is 9.72 Å². The van der Waals surface area contributed by atoms with Crippen molar-refractivity contribution in [3.05, 3.63) is 36.2 Å². The molecule has 0 aliphatic carbocycles. The summed E-state index contributed by atoms with van der Waals surface area (Å²) >= 11 is 0. The highest BCUT2D eigenvalue weighted by molar-refractivity contribution is 5.98. The lowest BCUT2D eigenvalue weighted by Crippen LogP contribution is -1.91. The number of nitrogen functional groups attached to an aromatic ring is 1. The third-order valence-corrected chi connectivity index (χ3v) is 3.22. The number of rotatable bonds is 1. The lowest BCUT2D eigenvalue weighted by atomic mass is 10.1. The Morgan fingerprint density at radius 2 is 2.06 bits per heavy atom. The first-order valence-electron chi connectivity index (χ1n) is 5.44. The van der Waals surface area contributed by atoms with E-state index >= 15 is 0 Å². The van der Waals surface area contributed by atoms with Gasteiger partial charge in [0.05, 0.1) is 11.8 Å². The van der Waals surface area contributed by atoms with Crippen molar-refractivity contribution in [1.29, 1.82) is 0 Å². The van der Waals surface area contributed by atoms with Gasteiger partial charge in [0.2, 0.25) is 0 Å². The number of aryl methyl sites for hydroxylation is 1. The molecule has 2 heterocycles. The van der Waals surface area contributed by atoms with Crippen LogP contribution in [0.2, 0.25) is 0 Å². The molecule has 2 N–H and O–H groups in total. The topological polar surface area (TPSA) is 57.0 Å². The summed E-state index contributed by atoms with van der Waals surface area (Å²) in [6, 6.07) is 8.19. The Morgan fingerprint density at radius 3 is 2.76 bits per heavy atom. The first-order chi connectivity index (χ1) is 8.20. The van der Waals surface area contributed by atoms with Crippen LogP contribution in [0.1, 0.15) is 5.69 Å². The Labute approximate surface area is 98.6 Å². The average molecular weight is 227 g/mol. The van der Waals surface area contributed by atoms with Crippen molar-refractivity contribution in [2.24, 2.45) is 7.05 Å². The zero-order valence-electron chi connectivity index (χ0n) is 9.77. The second-order valence-electron chi connectivity index (χ2n) is 4.15. The SMILES string of the molecule is Cc1c(-c2oncc2N)c2ccccc2n1C. The normalized spacial score (nSPS) is 11.2. The minimum Gasteiger partial charge on any atom is -0.394 e. The number of anilines is 1. The second kappa shape index (κ2) is 3.38. The van der Waals surface area contributed by atoms with Crippen LogP contribution in [0, 0.1) is 6.92 Å². The Morgan fingerprint density at radius 1 is 1.29 bits per heavy atom. The van der Waals surface area contributed by atoms with Crippen LogP contribution < -0.4 is 5.73 Å². The van der Waals surface area contributed by atoms with Crippen molar-refractivity contribution in [1.82, 2.24) is 9.72 Å². The fourth-order valence-electron chi connectivity index (χ4n) is 2.24. The summed E-state index contributed by atoms with van der Waals surface area (Å²) < 4.78 is 7.40. The van der Waals surface area contributed by atoms with E-state index in [1.54, 1.807) is 0 Å². The molecule has 86 valence electrons. The van der Waals surface area contributed by atoms with Gasteiger partial charge >= 0.3 is 0 Å². The molecule has 0 bridgehead atoms. The van der Waals surface area contributed by atoms with Crippen molar-refractivity contribution in [2.45, 2.75) is 6.92 Å². The van der Waals surface area contributed by atoms with Gasteiger partial charge in [-0.3, -0.25) is 0 Å². The van der Waals surface area contributed by atoms with E-state index in [1.807, 2.05) is 19.2 Å². The molecule has 0 spiro atoms. The molecule has 0 saturated heterocycles. The predicted molar refractivity (Wildman–Crippen MR) is 67.6 cm³/mol. The summed E-state index contributed by atoms with van der Waals surface area (Å²) in [5, 5.41) is 4.88. The maximum absolute atomic E-state index is 5.88. The van der Waals surface area contributed by atoms with Crippen LogP contribution >= 0.6 is 0 Å². The first-order valence-corrected chi connectivity index (χ1v) is 5.44. The molecule has 0 amide bonds. The Balaban J connectivity index is 2.45. The van der Waals surface area contributed by atoms with Gasteiger partial charge in [-0.25, -0.2) is 0 Å². The lowest BCUT2D eigenvalue weighted by molar-refractivity contribution is 0.432. The van der Waals surface area contributed by atoms with Crippen LogP contribution in [0.15, 0.2) is 35.0 Å². The van der Waals surface area contributed by atoms with E-state index in [0.717, 1.165) is 22.2 Å². The van der Waals surface area contributed by atoms with Crippen LogP contribution in [0.5, 0.6) is 0 Å². The molecule has 0 unspecified atom stereocenters. The van der Waals surface area contributed by atoms with Crippen molar-refractivity contribution in [3.63, 3.8) is 0 Å². The summed E-state index contributed by atoms with van der Waals surface area (Å²) in [5.41, 5.74) is 9.76. The molecule has 0 radical (unpaired) electrons. The monoisotopic (exact) mass is 227 g/mol. The number of aromatic nitrogens is 2. The van der Waals surface area contributed by atoms with E-state index in [1.165, 1.54) is 6.20 Å². The number of nitrogens with zero attached hydrogens (tertiary/aromatic N) is 2. The van der Waals surface area contributed by atoms with Gasteiger partial charge in [0, 0.05) is 23.6 Å². The Hall–Kier alpha value is -2.23. The molecular formula is C13H13N3O. The molecule has 4 heteroatoms. The molecule has 3 rings (SSSR count). The summed E-state index contributed by atoms with van der Waals surface area (Å²) in [6.07, 6.45) is 1.54.